The average Bonchev–Trinajstić information content (AvgIpc) is 3.77. The van der Waals surface area contributed by atoms with Gasteiger partial charge in [0, 0.05) is 36.0 Å². The van der Waals surface area contributed by atoms with E-state index in [1.165, 1.54) is 5.57 Å². The van der Waals surface area contributed by atoms with Gasteiger partial charge in [0.05, 0.1) is 24.0 Å². The molecule has 2 aliphatic carbocycles. The fraction of sp³-hybridized carbons (Fsp3) is 0.348. The lowest BCUT2D eigenvalue weighted by atomic mass is 9.95. The van der Waals surface area contributed by atoms with Crippen molar-refractivity contribution in [1.29, 1.82) is 0 Å². The molecule has 0 radical (unpaired) electrons. The standard InChI is InChI=1S/C46H45N5O4/c1-46(2,3)55-45(53)51-40-21-35(40)23-42(51)43-48-25-38(49-43)33-16-15-31-17-30(13-14-32(31)18-33)28-9-11-29(12-10-28)36-19-37(47-24-36)41-22-34-20-39(34)50(41)44(52)54-26-27-7-5-4-6-8-27/h4-18,24-25,34-35,39-42H,19-23,26H2,1-3H3,(H,48,49)/t34-,35-,39-,40-,41+,42+/m1/s1. The Bertz CT molecular complexity index is 2370. The molecular formula is C46H45N5O4. The fourth-order valence-electron chi connectivity index (χ4n) is 9.04. The first-order chi connectivity index (χ1) is 26.6. The number of rotatable bonds is 7. The van der Waals surface area contributed by atoms with E-state index in [2.05, 4.69) is 65.6 Å². The molecule has 2 saturated heterocycles. The summed E-state index contributed by atoms with van der Waals surface area (Å²) in [6.45, 7) is 6.01. The topological polar surface area (TPSA) is 100 Å². The lowest BCUT2D eigenvalue weighted by Gasteiger charge is -2.29. The molecular weight excluding hydrogens is 687 g/mol. The molecule has 9 nitrogen and oxygen atoms in total. The molecule has 55 heavy (non-hydrogen) atoms. The van der Waals surface area contributed by atoms with Gasteiger partial charge in [0.2, 0.25) is 0 Å². The zero-order chi connectivity index (χ0) is 37.4. The largest absolute Gasteiger partial charge is 0.445 e. The Morgan fingerprint density at radius 2 is 1.38 bits per heavy atom. The predicted octanol–water partition coefficient (Wildman–Crippen LogP) is 9.95. The maximum atomic E-state index is 13.2. The lowest BCUT2D eigenvalue weighted by molar-refractivity contribution is 0.0175. The molecule has 5 aromatic rings. The van der Waals surface area contributed by atoms with Crippen molar-refractivity contribution < 1.29 is 19.1 Å². The van der Waals surface area contributed by atoms with Crippen molar-refractivity contribution in [3.8, 4) is 22.4 Å². The van der Waals surface area contributed by atoms with Gasteiger partial charge < -0.3 is 14.5 Å². The van der Waals surface area contributed by atoms with Gasteiger partial charge in [-0.05, 0) is 109 Å². The number of hydrogen-bond donors (Lipinski definition) is 1. The molecule has 0 bridgehead atoms. The number of allylic oxidation sites excluding steroid dienone is 1. The normalized spacial score (nSPS) is 25.0. The van der Waals surface area contributed by atoms with E-state index in [0.717, 1.165) is 87.9 Å². The summed E-state index contributed by atoms with van der Waals surface area (Å²) in [7, 11) is 0. The van der Waals surface area contributed by atoms with Gasteiger partial charge in [-0.15, -0.1) is 0 Å². The van der Waals surface area contributed by atoms with Crippen molar-refractivity contribution in [2.45, 2.75) is 89.3 Å². The number of carbonyl (C=O) groups excluding carboxylic acids is 2. The molecule has 5 aliphatic rings. The summed E-state index contributed by atoms with van der Waals surface area (Å²) in [6, 6.07) is 32.1. The third kappa shape index (κ3) is 6.49. The third-order valence-electron chi connectivity index (χ3n) is 12.0. The molecule has 1 N–H and O–H groups in total. The molecule has 1 aromatic heterocycles. The highest BCUT2D eigenvalue weighted by molar-refractivity contribution is 6.03. The Labute approximate surface area is 321 Å². The van der Waals surface area contributed by atoms with Crippen LogP contribution in [0.25, 0.3) is 38.7 Å². The van der Waals surface area contributed by atoms with Crippen LogP contribution in [-0.2, 0) is 16.1 Å². The van der Waals surface area contributed by atoms with Crippen molar-refractivity contribution in [2.75, 3.05) is 0 Å². The summed E-state index contributed by atoms with van der Waals surface area (Å²) in [5, 5.41) is 2.31. The van der Waals surface area contributed by atoms with Crippen molar-refractivity contribution in [1.82, 2.24) is 19.8 Å². The van der Waals surface area contributed by atoms with Crippen LogP contribution >= 0.6 is 0 Å². The van der Waals surface area contributed by atoms with Crippen LogP contribution in [0.2, 0.25) is 0 Å². The Balaban J connectivity index is 0.789. The minimum absolute atomic E-state index is 0.000734. The van der Waals surface area contributed by atoms with E-state index in [1.807, 2.05) is 73.3 Å². The third-order valence-corrected chi connectivity index (χ3v) is 12.0. The van der Waals surface area contributed by atoms with Crippen LogP contribution in [0.1, 0.15) is 75.9 Å². The zero-order valence-electron chi connectivity index (χ0n) is 31.4. The van der Waals surface area contributed by atoms with Gasteiger partial charge in [-0.2, -0.15) is 0 Å². The summed E-state index contributed by atoms with van der Waals surface area (Å²) < 4.78 is 11.5. The van der Waals surface area contributed by atoms with Gasteiger partial charge in [-0.3, -0.25) is 14.8 Å². The fourth-order valence-corrected chi connectivity index (χ4v) is 9.04. The van der Waals surface area contributed by atoms with Gasteiger partial charge in [-0.25, -0.2) is 14.6 Å². The Hall–Kier alpha value is -5.70. The number of piperidine rings is 2. The van der Waals surface area contributed by atoms with Gasteiger partial charge in [0.25, 0.3) is 0 Å². The van der Waals surface area contributed by atoms with E-state index in [1.54, 1.807) is 0 Å². The molecule has 4 heterocycles. The predicted molar refractivity (Wildman–Crippen MR) is 213 cm³/mol. The first-order valence-electron chi connectivity index (χ1n) is 19.6. The number of carbonyl (C=O) groups is 2. The molecule has 4 aromatic carbocycles. The Kier molecular flexibility index (Phi) is 7.98. The Morgan fingerprint density at radius 1 is 0.745 bits per heavy atom. The molecule has 2 saturated carbocycles. The van der Waals surface area contributed by atoms with Crippen LogP contribution in [0.4, 0.5) is 9.59 Å². The van der Waals surface area contributed by atoms with Crippen molar-refractivity contribution in [3.63, 3.8) is 0 Å². The minimum Gasteiger partial charge on any atom is -0.445 e. The van der Waals surface area contributed by atoms with E-state index in [0.29, 0.717) is 11.8 Å². The van der Waals surface area contributed by atoms with Crippen molar-refractivity contribution in [2.24, 2.45) is 16.8 Å². The number of aromatic amines is 1. The Morgan fingerprint density at radius 3 is 2.11 bits per heavy atom. The van der Waals surface area contributed by atoms with Crippen LogP contribution in [0.15, 0.2) is 108 Å². The zero-order valence-corrected chi connectivity index (χ0v) is 31.4. The SMILES string of the molecule is CC(C)(C)OC(=O)N1[C@@H]2C[C@@H]2C[C@H]1c1ncc(-c2ccc3cc(-c4ccc(C5=CN=C([C@@H]6C[C@H]7C[C@H]7N6C(=O)OCc6ccccc6)C5)cc4)ccc3c2)[nH]1. The molecule has 278 valence electrons. The van der Waals surface area contributed by atoms with Crippen LogP contribution in [0, 0.1) is 11.8 Å². The van der Waals surface area contributed by atoms with Crippen LogP contribution in [-0.4, -0.2) is 61.4 Å². The summed E-state index contributed by atoms with van der Waals surface area (Å²) >= 11 is 0. The number of nitrogens with one attached hydrogen (secondary N) is 1. The minimum atomic E-state index is -0.535. The number of likely N-dealkylation sites (tertiary alicyclic amines) is 2. The number of amides is 2. The molecule has 0 unspecified atom stereocenters. The molecule has 6 atom stereocenters. The van der Waals surface area contributed by atoms with Gasteiger partial charge in [0.15, 0.2) is 0 Å². The number of ether oxygens (including phenoxy) is 2. The monoisotopic (exact) mass is 731 g/mol. The highest BCUT2D eigenvalue weighted by Gasteiger charge is 2.57. The smallest absolute Gasteiger partial charge is 0.411 e. The number of hydrogen-bond acceptors (Lipinski definition) is 6. The highest BCUT2D eigenvalue weighted by Crippen LogP contribution is 2.54. The maximum Gasteiger partial charge on any atom is 0.411 e. The number of aliphatic imine (C=N–C) groups is 1. The molecule has 10 rings (SSSR count). The first-order valence-corrected chi connectivity index (χ1v) is 19.6. The van der Waals surface area contributed by atoms with Crippen LogP contribution < -0.4 is 0 Å². The molecule has 4 fully saturated rings. The molecule has 9 heteroatoms. The molecule has 2 amide bonds. The highest BCUT2D eigenvalue weighted by atomic mass is 16.6. The number of imidazole rings is 1. The number of nitrogens with zero attached hydrogens (tertiary/aromatic N) is 4. The summed E-state index contributed by atoms with van der Waals surface area (Å²) in [6.07, 6.45) is 8.10. The first kappa shape index (κ1) is 33.8. The second kappa shape index (κ2) is 13.0. The van der Waals surface area contributed by atoms with Crippen LogP contribution in [0.5, 0.6) is 0 Å². The number of aromatic nitrogens is 2. The summed E-state index contributed by atoms with van der Waals surface area (Å²) in [5.74, 6) is 1.90. The average molecular weight is 732 g/mol. The second-order valence-corrected chi connectivity index (χ2v) is 17.0. The summed E-state index contributed by atoms with van der Waals surface area (Å²) in [4.78, 5) is 43.3. The van der Waals surface area contributed by atoms with E-state index < -0.39 is 5.60 Å². The van der Waals surface area contributed by atoms with E-state index >= 15 is 0 Å². The molecule has 0 spiro atoms. The van der Waals surface area contributed by atoms with Gasteiger partial charge >= 0.3 is 12.2 Å². The van der Waals surface area contributed by atoms with Crippen LogP contribution in [0.3, 0.4) is 0 Å². The van der Waals surface area contributed by atoms with Crippen molar-refractivity contribution >= 4 is 34.2 Å². The quantitative estimate of drug-likeness (QED) is 0.180. The maximum absolute atomic E-state index is 13.2. The lowest BCUT2D eigenvalue weighted by Crippen LogP contribution is -2.43. The van der Waals surface area contributed by atoms with Gasteiger partial charge in [0.1, 0.15) is 18.0 Å². The van der Waals surface area contributed by atoms with E-state index in [4.69, 9.17) is 19.5 Å². The molecule has 3 aliphatic heterocycles. The number of H-pyrrole nitrogens is 1. The van der Waals surface area contributed by atoms with E-state index in [-0.39, 0.29) is 43.0 Å². The number of fused-ring (bicyclic) bond motifs is 3. The summed E-state index contributed by atoms with van der Waals surface area (Å²) in [5.41, 5.74) is 8.15. The van der Waals surface area contributed by atoms with Crippen molar-refractivity contribution in [3.05, 3.63) is 120 Å². The number of benzene rings is 4. The van der Waals surface area contributed by atoms with E-state index in [9.17, 15) is 9.59 Å². The second-order valence-electron chi connectivity index (χ2n) is 17.0. The van der Waals surface area contributed by atoms with Gasteiger partial charge in [-0.1, -0.05) is 78.9 Å².